The fourth-order valence-electron chi connectivity index (χ4n) is 3.33. The normalized spacial score (nSPS) is 12.6. The van der Waals surface area contributed by atoms with Gasteiger partial charge in [0.15, 0.2) is 0 Å². The number of fused-ring (bicyclic) bond motifs is 2. The van der Waals surface area contributed by atoms with Crippen LogP contribution in [-0.4, -0.2) is 30.5 Å². The van der Waals surface area contributed by atoms with Crippen LogP contribution in [0.5, 0.6) is 5.75 Å². The number of amides is 2. The van der Waals surface area contributed by atoms with Crippen molar-refractivity contribution in [2.45, 2.75) is 22.9 Å². The maximum Gasteiger partial charge on any atom is 0.261 e. The summed E-state index contributed by atoms with van der Waals surface area (Å²) in [7, 11) is 1.60. The van der Waals surface area contributed by atoms with Gasteiger partial charge in [0.1, 0.15) is 10.8 Å². The molecule has 2 heterocycles. The number of ether oxygens (including phenoxy) is 1. The van der Waals surface area contributed by atoms with Crippen LogP contribution in [0.2, 0.25) is 0 Å². The molecule has 0 atom stereocenters. The van der Waals surface area contributed by atoms with E-state index in [1.165, 1.54) is 11.8 Å². The minimum absolute atomic E-state index is 0.130. The Morgan fingerprint density at radius 1 is 1.10 bits per heavy atom. The molecule has 0 radical (unpaired) electrons. The van der Waals surface area contributed by atoms with E-state index < -0.39 is 0 Å². The number of aromatic nitrogens is 1. The van der Waals surface area contributed by atoms with E-state index in [0.29, 0.717) is 17.1 Å². The minimum Gasteiger partial charge on any atom is -0.496 e. The zero-order chi connectivity index (χ0) is 20.9. The molecule has 1 aromatic heterocycles. The molecule has 6 nitrogen and oxygen atoms in total. The standard InChI is InChI=1S/C23H21N3O3S/c1-29-19-10-4-2-7-16(19)15-25-21(27)12-14-26-18-9-3-5-11-20(18)30-22-17(23(26)28)8-6-13-24-22/h2-11,13H,12,14-15H2,1H3,(H,25,27). The summed E-state index contributed by atoms with van der Waals surface area (Å²) in [4.78, 5) is 32.7. The van der Waals surface area contributed by atoms with Crippen molar-refractivity contribution in [1.29, 1.82) is 0 Å². The molecule has 0 saturated carbocycles. The first kappa shape index (κ1) is 20.0. The summed E-state index contributed by atoms with van der Waals surface area (Å²) in [6.07, 6.45) is 1.87. The molecule has 0 unspecified atom stereocenters. The van der Waals surface area contributed by atoms with Crippen LogP contribution in [0.25, 0.3) is 0 Å². The zero-order valence-electron chi connectivity index (χ0n) is 16.5. The average molecular weight is 420 g/mol. The van der Waals surface area contributed by atoms with Crippen LogP contribution in [-0.2, 0) is 11.3 Å². The van der Waals surface area contributed by atoms with E-state index in [-0.39, 0.29) is 24.8 Å². The van der Waals surface area contributed by atoms with Gasteiger partial charge in [-0.3, -0.25) is 9.59 Å². The maximum absolute atomic E-state index is 13.2. The monoisotopic (exact) mass is 419 g/mol. The van der Waals surface area contributed by atoms with Gasteiger partial charge in [-0.25, -0.2) is 4.98 Å². The van der Waals surface area contributed by atoms with Crippen LogP contribution in [0.4, 0.5) is 5.69 Å². The number of nitrogens with one attached hydrogen (secondary N) is 1. The highest BCUT2D eigenvalue weighted by Gasteiger charge is 2.28. The van der Waals surface area contributed by atoms with Crippen LogP contribution in [0.15, 0.2) is 76.8 Å². The van der Waals surface area contributed by atoms with Gasteiger partial charge in [0, 0.05) is 36.2 Å². The van der Waals surface area contributed by atoms with Crippen molar-refractivity contribution >= 4 is 29.3 Å². The van der Waals surface area contributed by atoms with E-state index in [1.807, 2.05) is 48.5 Å². The molecule has 1 N–H and O–H groups in total. The number of nitrogens with zero attached hydrogens (tertiary/aromatic N) is 2. The van der Waals surface area contributed by atoms with E-state index in [9.17, 15) is 9.59 Å². The molecule has 7 heteroatoms. The summed E-state index contributed by atoms with van der Waals surface area (Å²) < 4.78 is 5.32. The first-order valence-corrected chi connectivity index (χ1v) is 10.4. The van der Waals surface area contributed by atoms with Crippen LogP contribution >= 0.6 is 11.8 Å². The topological polar surface area (TPSA) is 71.5 Å². The largest absolute Gasteiger partial charge is 0.496 e. The molecule has 1 aliphatic heterocycles. The van der Waals surface area contributed by atoms with Crippen molar-refractivity contribution in [3.8, 4) is 5.75 Å². The van der Waals surface area contributed by atoms with Crippen LogP contribution in [0.1, 0.15) is 22.3 Å². The summed E-state index contributed by atoms with van der Waals surface area (Å²) in [5, 5.41) is 3.59. The second-order valence-corrected chi connectivity index (χ2v) is 7.75. The van der Waals surface area contributed by atoms with Gasteiger partial charge >= 0.3 is 0 Å². The third-order valence-corrected chi connectivity index (χ3v) is 5.92. The lowest BCUT2D eigenvalue weighted by Crippen LogP contribution is -2.35. The molecule has 2 aromatic carbocycles. The van der Waals surface area contributed by atoms with Gasteiger partial charge < -0.3 is 15.0 Å². The number of carbonyl (C=O) groups is 2. The lowest BCUT2D eigenvalue weighted by atomic mass is 10.2. The number of benzene rings is 2. The summed E-state index contributed by atoms with van der Waals surface area (Å²) in [6, 6.07) is 18.8. The second-order valence-electron chi connectivity index (χ2n) is 6.72. The molecular formula is C23H21N3O3S. The molecule has 1 aliphatic rings. The van der Waals surface area contributed by atoms with Gasteiger partial charge in [-0.05, 0) is 30.3 Å². The Morgan fingerprint density at radius 2 is 1.90 bits per heavy atom. The number of hydrogen-bond acceptors (Lipinski definition) is 5. The SMILES string of the molecule is COc1ccccc1CNC(=O)CCN1C(=O)c2cccnc2Sc2ccccc21. The Morgan fingerprint density at radius 3 is 2.77 bits per heavy atom. The number of anilines is 1. The molecule has 0 bridgehead atoms. The van der Waals surface area contributed by atoms with Gasteiger partial charge in [0.2, 0.25) is 5.91 Å². The number of para-hydroxylation sites is 2. The summed E-state index contributed by atoms with van der Waals surface area (Å²) >= 11 is 1.47. The summed E-state index contributed by atoms with van der Waals surface area (Å²) in [5.74, 6) is 0.457. The second kappa shape index (κ2) is 9.00. The Balaban J connectivity index is 1.48. The van der Waals surface area contributed by atoms with Gasteiger partial charge in [0.05, 0.1) is 18.4 Å². The van der Waals surface area contributed by atoms with Crippen molar-refractivity contribution in [2.75, 3.05) is 18.6 Å². The Kier molecular flexibility index (Phi) is 5.99. The number of rotatable bonds is 6. The van der Waals surface area contributed by atoms with Gasteiger partial charge in [-0.1, -0.05) is 42.1 Å². The molecule has 0 saturated heterocycles. The molecular weight excluding hydrogens is 398 g/mol. The summed E-state index contributed by atoms with van der Waals surface area (Å²) in [6.45, 7) is 0.651. The number of pyridine rings is 1. The Hall–Kier alpha value is -3.32. The third-order valence-electron chi connectivity index (χ3n) is 4.84. The maximum atomic E-state index is 13.2. The highest BCUT2D eigenvalue weighted by molar-refractivity contribution is 7.99. The predicted molar refractivity (Wildman–Crippen MR) is 116 cm³/mol. The fraction of sp³-hybridized carbons (Fsp3) is 0.174. The number of methoxy groups -OCH3 is 1. The average Bonchev–Trinajstić information content (AvgIpc) is 2.90. The molecule has 30 heavy (non-hydrogen) atoms. The van der Waals surface area contributed by atoms with Gasteiger partial charge in [-0.15, -0.1) is 0 Å². The molecule has 0 spiro atoms. The predicted octanol–water partition coefficient (Wildman–Crippen LogP) is 3.91. The quantitative estimate of drug-likeness (QED) is 0.656. The zero-order valence-corrected chi connectivity index (χ0v) is 17.3. The number of hydrogen-bond donors (Lipinski definition) is 1. The smallest absolute Gasteiger partial charge is 0.261 e. The third kappa shape index (κ3) is 4.16. The lowest BCUT2D eigenvalue weighted by Gasteiger charge is -2.22. The minimum atomic E-state index is -0.145. The molecule has 152 valence electrons. The van der Waals surface area contributed by atoms with Crippen molar-refractivity contribution in [3.05, 3.63) is 78.0 Å². The van der Waals surface area contributed by atoms with Gasteiger partial charge in [0.25, 0.3) is 5.91 Å². The van der Waals surface area contributed by atoms with Crippen molar-refractivity contribution in [2.24, 2.45) is 0 Å². The van der Waals surface area contributed by atoms with Crippen LogP contribution in [0.3, 0.4) is 0 Å². The molecule has 0 fully saturated rings. The van der Waals surface area contributed by atoms with Gasteiger partial charge in [-0.2, -0.15) is 0 Å². The van der Waals surface area contributed by atoms with Crippen molar-refractivity contribution in [1.82, 2.24) is 10.3 Å². The highest BCUT2D eigenvalue weighted by Crippen LogP contribution is 2.40. The van der Waals surface area contributed by atoms with E-state index >= 15 is 0 Å². The highest BCUT2D eigenvalue weighted by atomic mass is 32.2. The number of carbonyl (C=O) groups excluding carboxylic acids is 2. The van der Waals surface area contributed by atoms with E-state index in [0.717, 1.165) is 21.9 Å². The molecule has 2 amide bonds. The van der Waals surface area contributed by atoms with Crippen molar-refractivity contribution in [3.63, 3.8) is 0 Å². The lowest BCUT2D eigenvalue weighted by molar-refractivity contribution is -0.121. The van der Waals surface area contributed by atoms with Crippen molar-refractivity contribution < 1.29 is 14.3 Å². The first-order chi connectivity index (χ1) is 14.7. The molecule has 0 aliphatic carbocycles. The van der Waals surface area contributed by atoms with Crippen LogP contribution < -0.4 is 15.0 Å². The molecule has 3 aromatic rings. The van der Waals surface area contributed by atoms with E-state index in [4.69, 9.17) is 4.74 Å². The van der Waals surface area contributed by atoms with Crippen LogP contribution in [0, 0.1) is 0 Å². The first-order valence-electron chi connectivity index (χ1n) is 9.59. The van der Waals surface area contributed by atoms with E-state index in [1.54, 1.807) is 30.3 Å². The Labute approximate surface area is 179 Å². The van der Waals surface area contributed by atoms with E-state index in [2.05, 4.69) is 10.3 Å². The Bertz CT molecular complexity index is 1090. The fourth-order valence-corrected chi connectivity index (χ4v) is 4.34. The molecule has 4 rings (SSSR count). The summed E-state index contributed by atoms with van der Waals surface area (Å²) in [5.41, 5.74) is 2.25.